The molecule has 4 saturated heterocycles. The molecule has 0 amide bonds. The van der Waals surface area contributed by atoms with Crippen molar-refractivity contribution in [1.82, 2.24) is 9.80 Å². The molecule has 4 fully saturated rings. The summed E-state index contributed by atoms with van der Waals surface area (Å²) in [5, 5.41) is 9.29. The molecule has 108 valence electrons. The average Bonchev–Trinajstić information content (AvgIpc) is 2.50. The van der Waals surface area contributed by atoms with Gasteiger partial charge in [-0.3, -0.25) is 4.79 Å². The molecule has 0 aromatic heterocycles. The summed E-state index contributed by atoms with van der Waals surface area (Å²) in [6.07, 6.45) is 1.55. The van der Waals surface area contributed by atoms with Crippen LogP contribution in [-0.2, 0) is 4.79 Å². The first kappa shape index (κ1) is 13.4. The second kappa shape index (κ2) is 4.74. The summed E-state index contributed by atoms with van der Waals surface area (Å²) < 4.78 is 0. The van der Waals surface area contributed by atoms with E-state index in [0.717, 1.165) is 26.2 Å². The molecule has 0 aliphatic carbocycles. The Morgan fingerprint density at radius 3 is 2.32 bits per heavy atom. The van der Waals surface area contributed by atoms with E-state index < -0.39 is 5.97 Å². The van der Waals surface area contributed by atoms with Gasteiger partial charge in [-0.25, -0.2) is 0 Å². The van der Waals surface area contributed by atoms with Crippen LogP contribution in [0, 0.1) is 23.2 Å². The molecule has 0 aromatic rings. The smallest absolute Gasteiger partial charge is 0.303 e. The molecule has 4 aliphatic heterocycles. The topological polar surface area (TPSA) is 43.8 Å². The molecule has 4 nitrogen and oxygen atoms in total. The number of carbonyl (C=O) groups is 1. The fraction of sp³-hybridized carbons (Fsp3) is 0.933. The minimum Gasteiger partial charge on any atom is -0.481 e. The number of nitrogens with zero attached hydrogens (tertiary/aromatic N) is 2. The monoisotopic (exact) mass is 266 g/mol. The van der Waals surface area contributed by atoms with Gasteiger partial charge in [0.25, 0.3) is 0 Å². The van der Waals surface area contributed by atoms with Crippen LogP contribution in [0.25, 0.3) is 0 Å². The van der Waals surface area contributed by atoms with Crippen LogP contribution < -0.4 is 0 Å². The van der Waals surface area contributed by atoms with E-state index in [1.165, 1.54) is 19.5 Å². The number of hydrogen-bond acceptors (Lipinski definition) is 3. The molecule has 0 spiro atoms. The third-order valence-corrected chi connectivity index (χ3v) is 5.36. The molecular weight excluding hydrogens is 240 g/mol. The zero-order valence-corrected chi connectivity index (χ0v) is 12.1. The Morgan fingerprint density at radius 1 is 1.26 bits per heavy atom. The summed E-state index contributed by atoms with van der Waals surface area (Å²) in [6.45, 7) is 11.4. The SMILES string of the molecule is CC(C)CC12CN3CCN(CC(C3)C1CC(=O)O)C2. The molecule has 3 atom stereocenters. The van der Waals surface area contributed by atoms with Gasteiger partial charge in [-0.1, -0.05) is 13.8 Å². The molecule has 19 heavy (non-hydrogen) atoms. The van der Waals surface area contributed by atoms with Crippen molar-refractivity contribution in [2.75, 3.05) is 39.3 Å². The summed E-state index contributed by atoms with van der Waals surface area (Å²) in [4.78, 5) is 16.5. The number of piperidine rings is 2. The third kappa shape index (κ3) is 2.40. The summed E-state index contributed by atoms with van der Waals surface area (Å²) >= 11 is 0. The maximum absolute atomic E-state index is 11.3. The van der Waals surface area contributed by atoms with Crippen molar-refractivity contribution < 1.29 is 9.90 Å². The van der Waals surface area contributed by atoms with Crippen LogP contribution in [0.15, 0.2) is 0 Å². The lowest BCUT2D eigenvalue weighted by Crippen LogP contribution is -2.61. The van der Waals surface area contributed by atoms with Gasteiger partial charge in [-0.15, -0.1) is 0 Å². The van der Waals surface area contributed by atoms with Crippen LogP contribution >= 0.6 is 0 Å². The van der Waals surface area contributed by atoms with Crippen LogP contribution in [0.5, 0.6) is 0 Å². The van der Waals surface area contributed by atoms with E-state index in [2.05, 4.69) is 23.6 Å². The first-order chi connectivity index (χ1) is 8.98. The van der Waals surface area contributed by atoms with Crippen LogP contribution in [0.3, 0.4) is 0 Å². The lowest BCUT2D eigenvalue weighted by atomic mass is 9.59. The fourth-order valence-electron chi connectivity index (χ4n) is 5.07. The van der Waals surface area contributed by atoms with Crippen LogP contribution in [-0.4, -0.2) is 60.1 Å². The molecule has 4 aliphatic rings. The number of carboxylic acid groups (broad SMARTS) is 1. The van der Waals surface area contributed by atoms with E-state index in [1.54, 1.807) is 0 Å². The Balaban J connectivity index is 1.91. The minimum atomic E-state index is -0.607. The predicted molar refractivity (Wildman–Crippen MR) is 74.0 cm³/mol. The largest absolute Gasteiger partial charge is 0.481 e. The van der Waals surface area contributed by atoms with Gasteiger partial charge in [0.2, 0.25) is 0 Å². The number of aliphatic carboxylic acids is 1. The fourth-order valence-corrected chi connectivity index (χ4v) is 5.07. The highest BCUT2D eigenvalue weighted by molar-refractivity contribution is 5.67. The Kier molecular flexibility index (Phi) is 3.34. The molecule has 3 unspecified atom stereocenters. The number of fused-ring (bicyclic) bond motifs is 1. The normalized spacial score (nSPS) is 44.6. The van der Waals surface area contributed by atoms with Gasteiger partial charge >= 0.3 is 5.97 Å². The van der Waals surface area contributed by atoms with E-state index in [9.17, 15) is 9.90 Å². The third-order valence-electron chi connectivity index (χ3n) is 5.36. The molecule has 1 N–H and O–H groups in total. The lowest BCUT2D eigenvalue weighted by Gasteiger charge is -2.56. The molecule has 4 heteroatoms. The second-order valence-corrected chi connectivity index (χ2v) is 7.40. The highest BCUT2D eigenvalue weighted by Crippen LogP contribution is 2.50. The highest BCUT2D eigenvalue weighted by atomic mass is 16.4. The van der Waals surface area contributed by atoms with Gasteiger partial charge in [-0.05, 0) is 29.6 Å². The number of rotatable bonds is 4. The van der Waals surface area contributed by atoms with E-state index in [4.69, 9.17) is 0 Å². The second-order valence-electron chi connectivity index (χ2n) is 7.40. The van der Waals surface area contributed by atoms with Gasteiger partial charge in [0.1, 0.15) is 0 Å². The van der Waals surface area contributed by atoms with E-state index in [1.807, 2.05) is 0 Å². The van der Waals surface area contributed by atoms with Crippen molar-refractivity contribution in [3.63, 3.8) is 0 Å². The van der Waals surface area contributed by atoms with Crippen molar-refractivity contribution in [3.05, 3.63) is 0 Å². The molecule has 0 saturated carbocycles. The summed E-state index contributed by atoms with van der Waals surface area (Å²) in [5.74, 6) is 0.997. The van der Waals surface area contributed by atoms with Gasteiger partial charge in [0, 0.05) is 45.7 Å². The Hall–Kier alpha value is -0.610. The van der Waals surface area contributed by atoms with Crippen LogP contribution in [0.2, 0.25) is 0 Å². The first-order valence-electron chi connectivity index (χ1n) is 7.65. The van der Waals surface area contributed by atoms with Crippen molar-refractivity contribution in [3.8, 4) is 0 Å². The van der Waals surface area contributed by atoms with Gasteiger partial charge in [-0.2, -0.15) is 0 Å². The number of carboxylic acids is 1. The van der Waals surface area contributed by atoms with Gasteiger partial charge < -0.3 is 14.9 Å². The van der Waals surface area contributed by atoms with E-state index in [-0.39, 0.29) is 5.41 Å². The lowest BCUT2D eigenvalue weighted by molar-refractivity contribution is -0.145. The molecule has 0 radical (unpaired) electrons. The molecule has 4 bridgehead atoms. The van der Waals surface area contributed by atoms with Crippen LogP contribution in [0.1, 0.15) is 26.7 Å². The molecular formula is C15H26N2O2. The predicted octanol–water partition coefficient (Wildman–Crippen LogP) is 1.37. The Bertz CT molecular complexity index is 353. The first-order valence-corrected chi connectivity index (χ1v) is 7.65. The van der Waals surface area contributed by atoms with Crippen molar-refractivity contribution >= 4 is 5.97 Å². The standard InChI is InChI=1S/C15H26N2O2/c1-11(2)6-15-9-16-3-4-17(10-15)8-12(7-16)13(15)5-14(18)19/h11-13H,3-10H2,1-2H3,(H,18,19). The maximum Gasteiger partial charge on any atom is 0.303 e. The Morgan fingerprint density at radius 2 is 1.84 bits per heavy atom. The van der Waals surface area contributed by atoms with E-state index in [0.29, 0.717) is 24.2 Å². The minimum absolute atomic E-state index is 0.226. The van der Waals surface area contributed by atoms with Crippen molar-refractivity contribution in [1.29, 1.82) is 0 Å². The molecule has 0 aromatic carbocycles. The molecule has 4 rings (SSSR count). The Labute approximate surface area is 115 Å². The molecule has 4 heterocycles. The zero-order valence-electron chi connectivity index (χ0n) is 12.1. The summed E-state index contributed by atoms with van der Waals surface area (Å²) in [7, 11) is 0. The highest BCUT2D eigenvalue weighted by Gasteiger charge is 2.54. The maximum atomic E-state index is 11.3. The zero-order chi connectivity index (χ0) is 13.6. The van der Waals surface area contributed by atoms with Crippen molar-refractivity contribution in [2.24, 2.45) is 23.2 Å². The van der Waals surface area contributed by atoms with Crippen LogP contribution in [0.4, 0.5) is 0 Å². The van der Waals surface area contributed by atoms with Gasteiger partial charge in [0.05, 0.1) is 0 Å². The van der Waals surface area contributed by atoms with Gasteiger partial charge in [0.15, 0.2) is 0 Å². The summed E-state index contributed by atoms with van der Waals surface area (Å²) in [6, 6.07) is 0. The number of hydrogen-bond donors (Lipinski definition) is 1. The van der Waals surface area contributed by atoms with Crippen molar-refractivity contribution in [2.45, 2.75) is 26.7 Å². The quantitative estimate of drug-likeness (QED) is 0.834. The summed E-state index contributed by atoms with van der Waals surface area (Å²) in [5.41, 5.74) is 0.226. The van der Waals surface area contributed by atoms with E-state index >= 15 is 0 Å². The average molecular weight is 266 g/mol.